The lowest BCUT2D eigenvalue weighted by molar-refractivity contribution is -0.118. The van der Waals surface area contributed by atoms with Crippen molar-refractivity contribution in [3.8, 4) is 0 Å². The molecule has 0 unspecified atom stereocenters. The van der Waals surface area contributed by atoms with Gasteiger partial charge in [-0.25, -0.2) is 4.98 Å². The van der Waals surface area contributed by atoms with Gasteiger partial charge in [-0.05, 0) is 68.1 Å². The van der Waals surface area contributed by atoms with Crippen molar-refractivity contribution in [3.05, 3.63) is 88.2 Å². The van der Waals surface area contributed by atoms with Crippen LogP contribution in [0.4, 0.5) is 5.13 Å². The zero-order valence-electron chi connectivity index (χ0n) is 17.8. The highest BCUT2D eigenvalue weighted by molar-refractivity contribution is 7.22. The quantitative estimate of drug-likeness (QED) is 0.420. The Kier molecular flexibility index (Phi) is 5.64. The van der Waals surface area contributed by atoms with Crippen LogP contribution in [0.25, 0.3) is 10.2 Å². The van der Waals surface area contributed by atoms with E-state index in [1.807, 2.05) is 18.2 Å². The van der Waals surface area contributed by atoms with Gasteiger partial charge in [0.15, 0.2) is 5.13 Å². The monoisotopic (exact) mass is 415 g/mol. The molecule has 4 nitrogen and oxygen atoms in total. The van der Waals surface area contributed by atoms with Crippen LogP contribution in [-0.2, 0) is 17.8 Å². The Labute approximate surface area is 181 Å². The summed E-state index contributed by atoms with van der Waals surface area (Å²) in [4.78, 5) is 24.6. The fourth-order valence-corrected chi connectivity index (χ4v) is 4.54. The van der Waals surface area contributed by atoms with Gasteiger partial charge in [0.25, 0.3) is 0 Å². The predicted octanol–water partition coefficient (Wildman–Crippen LogP) is 5.70. The number of aromatic nitrogens is 2. The van der Waals surface area contributed by atoms with Gasteiger partial charge in [-0.15, -0.1) is 0 Å². The van der Waals surface area contributed by atoms with E-state index in [0.29, 0.717) is 13.0 Å². The third kappa shape index (κ3) is 4.12. The van der Waals surface area contributed by atoms with Gasteiger partial charge in [-0.3, -0.25) is 14.7 Å². The van der Waals surface area contributed by atoms with Crippen molar-refractivity contribution in [3.63, 3.8) is 0 Å². The number of pyridine rings is 1. The molecule has 0 spiro atoms. The van der Waals surface area contributed by atoms with Crippen molar-refractivity contribution in [2.75, 3.05) is 4.90 Å². The Balaban J connectivity index is 1.73. The molecule has 0 fully saturated rings. The summed E-state index contributed by atoms with van der Waals surface area (Å²) in [5.41, 5.74) is 7.53. The summed E-state index contributed by atoms with van der Waals surface area (Å²) in [5, 5.41) is 0.722. The van der Waals surface area contributed by atoms with E-state index >= 15 is 0 Å². The largest absolute Gasteiger partial charge is 0.282 e. The van der Waals surface area contributed by atoms with E-state index in [1.165, 1.54) is 5.56 Å². The van der Waals surface area contributed by atoms with Gasteiger partial charge >= 0.3 is 0 Å². The van der Waals surface area contributed by atoms with E-state index in [4.69, 9.17) is 4.98 Å². The van der Waals surface area contributed by atoms with Crippen molar-refractivity contribution in [2.24, 2.45) is 0 Å². The molecule has 0 aliphatic carbocycles. The van der Waals surface area contributed by atoms with Gasteiger partial charge in [0.2, 0.25) is 5.91 Å². The van der Waals surface area contributed by atoms with Crippen LogP contribution in [0, 0.1) is 27.7 Å². The van der Waals surface area contributed by atoms with Crippen molar-refractivity contribution in [2.45, 2.75) is 40.7 Å². The maximum Gasteiger partial charge on any atom is 0.233 e. The molecule has 0 saturated carbocycles. The molecule has 4 rings (SSSR count). The lowest BCUT2D eigenvalue weighted by Gasteiger charge is -2.20. The molecule has 1 amide bonds. The van der Waals surface area contributed by atoms with Crippen LogP contribution >= 0.6 is 11.3 Å². The van der Waals surface area contributed by atoms with E-state index < -0.39 is 0 Å². The zero-order valence-corrected chi connectivity index (χ0v) is 18.6. The van der Waals surface area contributed by atoms with Gasteiger partial charge in [-0.1, -0.05) is 47.2 Å². The second kappa shape index (κ2) is 8.36. The minimum absolute atomic E-state index is 0.0304. The summed E-state index contributed by atoms with van der Waals surface area (Å²) in [5.74, 6) is 0.0304. The highest BCUT2D eigenvalue weighted by Gasteiger charge is 2.22. The van der Waals surface area contributed by atoms with Gasteiger partial charge in [0.1, 0.15) is 0 Å². The molecule has 0 radical (unpaired) electrons. The number of thiazole rings is 1. The summed E-state index contributed by atoms with van der Waals surface area (Å²) in [6.07, 6.45) is 2.10. The normalized spacial score (nSPS) is 11.1. The van der Waals surface area contributed by atoms with Gasteiger partial charge < -0.3 is 0 Å². The van der Waals surface area contributed by atoms with Crippen LogP contribution in [0.3, 0.4) is 0 Å². The summed E-state index contributed by atoms with van der Waals surface area (Å²) < 4.78 is 1.10. The molecule has 30 heavy (non-hydrogen) atoms. The Morgan fingerprint density at radius 1 is 1.00 bits per heavy atom. The van der Waals surface area contributed by atoms with E-state index in [2.05, 4.69) is 63.0 Å². The molecular formula is C25H25N3OS. The Bertz CT molecular complexity index is 1210. The number of fused-ring (bicyclic) bond motifs is 1. The summed E-state index contributed by atoms with van der Waals surface area (Å²) >= 11 is 1.56. The lowest BCUT2D eigenvalue weighted by Crippen LogP contribution is -2.32. The number of rotatable bonds is 5. The third-order valence-electron chi connectivity index (χ3n) is 5.50. The molecule has 5 heteroatoms. The van der Waals surface area contributed by atoms with Crippen LogP contribution in [-0.4, -0.2) is 15.9 Å². The standard InChI is InChI=1S/C25H25N3OS/c1-16-8-9-18(3)20(13-16)14-23(29)28(15-21-7-5-6-12-26-21)25-27-24-19(4)17(2)10-11-22(24)30-25/h5-13H,14-15H2,1-4H3. The van der Waals surface area contributed by atoms with Gasteiger partial charge in [-0.2, -0.15) is 0 Å². The first-order valence-corrected chi connectivity index (χ1v) is 10.9. The number of hydrogen-bond donors (Lipinski definition) is 0. The Hall–Kier alpha value is -3.05. The summed E-state index contributed by atoms with van der Waals surface area (Å²) in [6.45, 7) is 8.68. The van der Waals surface area contributed by atoms with Crippen LogP contribution in [0.1, 0.15) is 33.5 Å². The molecule has 4 aromatic rings. The van der Waals surface area contributed by atoms with E-state index in [0.717, 1.165) is 43.3 Å². The Morgan fingerprint density at radius 3 is 2.57 bits per heavy atom. The molecule has 0 saturated heterocycles. The average molecular weight is 416 g/mol. The van der Waals surface area contributed by atoms with Crippen molar-refractivity contribution in [1.29, 1.82) is 0 Å². The number of carbonyl (C=O) groups is 1. The van der Waals surface area contributed by atoms with E-state index in [9.17, 15) is 4.79 Å². The molecule has 2 aromatic heterocycles. The molecule has 0 atom stereocenters. The van der Waals surface area contributed by atoms with Crippen LogP contribution in [0.2, 0.25) is 0 Å². The number of benzene rings is 2. The lowest BCUT2D eigenvalue weighted by atomic mass is 10.0. The van der Waals surface area contributed by atoms with E-state index in [-0.39, 0.29) is 5.91 Å². The summed E-state index contributed by atoms with van der Waals surface area (Å²) in [6, 6.07) is 16.2. The van der Waals surface area contributed by atoms with Crippen LogP contribution < -0.4 is 4.90 Å². The first-order chi connectivity index (χ1) is 14.4. The van der Waals surface area contributed by atoms with Crippen LogP contribution in [0.15, 0.2) is 54.7 Å². The van der Waals surface area contributed by atoms with Crippen molar-refractivity contribution < 1.29 is 4.79 Å². The summed E-state index contributed by atoms with van der Waals surface area (Å²) in [7, 11) is 0. The first-order valence-electron chi connectivity index (χ1n) is 10.1. The molecule has 152 valence electrons. The van der Waals surface area contributed by atoms with E-state index in [1.54, 1.807) is 22.4 Å². The highest BCUT2D eigenvalue weighted by Crippen LogP contribution is 2.33. The number of anilines is 1. The second-order valence-electron chi connectivity index (χ2n) is 7.76. The molecular weight excluding hydrogens is 390 g/mol. The van der Waals surface area contributed by atoms with Crippen LogP contribution in [0.5, 0.6) is 0 Å². The van der Waals surface area contributed by atoms with Crippen molar-refractivity contribution in [1.82, 2.24) is 9.97 Å². The SMILES string of the molecule is Cc1ccc(C)c(CC(=O)N(Cc2ccccn2)c2nc3c(C)c(C)ccc3s2)c1. The average Bonchev–Trinajstić information content (AvgIpc) is 3.17. The molecule has 0 N–H and O–H groups in total. The number of aryl methyl sites for hydroxylation is 4. The Morgan fingerprint density at radius 2 is 1.80 bits per heavy atom. The zero-order chi connectivity index (χ0) is 21.3. The molecule has 2 aromatic carbocycles. The fourth-order valence-electron chi connectivity index (χ4n) is 3.49. The number of amides is 1. The number of hydrogen-bond acceptors (Lipinski definition) is 4. The number of nitrogens with zero attached hydrogens (tertiary/aromatic N) is 3. The molecule has 0 aliphatic heterocycles. The second-order valence-corrected chi connectivity index (χ2v) is 8.77. The highest BCUT2D eigenvalue weighted by atomic mass is 32.1. The molecule has 0 aliphatic rings. The third-order valence-corrected chi connectivity index (χ3v) is 6.54. The first kappa shape index (κ1) is 20.2. The molecule has 2 heterocycles. The maximum absolute atomic E-state index is 13.5. The maximum atomic E-state index is 13.5. The topological polar surface area (TPSA) is 46.1 Å². The van der Waals surface area contributed by atoms with Gasteiger partial charge in [0, 0.05) is 6.20 Å². The smallest absolute Gasteiger partial charge is 0.233 e. The fraction of sp³-hybridized carbons (Fsp3) is 0.240. The predicted molar refractivity (Wildman–Crippen MR) is 124 cm³/mol. The van der Waals surface area contributed by atoms with Gasteiger partial charge in [0.05, 0.1) is 28.9 Å². The van der Waals surface area contributed by atoms with Crippen molar-refractivity contribution >= 4 is 32.6 Å². The minimum atomic E-state index is 0.0304. The number of carbonyl (C=O) groups excluding carboxylic acids is 1. The molecule has 0 bridgehead atoms. The minimum Gasteiger partial charge on any atom is -0.282 e.